The summed E-state index contributed by atoms with van der Waals surface area (Å²) in [5, 5.41) is 0. The van der Waals surface area contributed by atoms with E-state index >= 15 is 0 Å². The Morgan fingerprint density at radius 3 is 2.54 bits per heavy atom. The summed E-state index contributed by atoms with van der Waals surface area (Å²) in [6.45, 7) is 5.77. The van der Waals surface area contributed by atoms with Crippen LogP contribution >= 0.6 is 0 Å². The number of aromatic nitrogens is 4. The van der Waals surface area contributed by atoms with Gasteiger partial charge in [-0.25, -0.2) is 13.4 Å². The number of nitrogens with zero attached hydrogens (tertiary/aromatic N) is 4. The normalized spacial score (nSPS) is 11.5. The molecule has 0 bridgehead atoms. The Bertz CT molecular complexity index is 912. The zero-order chi connectivity index (χ0) is 19.3. The lowest BCUT2D eigenvalue weighted by atomic mass is 10.2. The van der Waals surface area contributed by atoms with E-state index in [0.717, 1.165) is 6.42 Å². The van der Waals surface area contributed by atoms with Crippen molar-refractivity contribution in [3.8, 4) is 17.4 Å². The standard InChI is InChI=1S/C17H24N4O4S/c1-5-7-8-26(23,24)11-14-18-15(20-17(19-14)25-6-2)13-9-12(3)16(22)21(4)10-13/h9-10H,5-8,11H2,1-4H3. The average Bonchev–Trinajstić information content (AvgIpc) is 2.57. The molecule has 0 atom stereocenters. The van der Waals surface area contributed by atoms with Crippen LogP contribution in [0.5, 0.6) is 6.01 Å². The predicted molar refractivity (Wildman–Crippen MR) is 98.8 cm³/mol. The van der Waals surface area contributed by atoms with Crippen molar-refractivity contribution in [3.05, 3.63) is 34.0 Å². The first kappa shape index (κ1) is 20.0. The Hall–Kier alpha value is -2.29. The quantitative estimate of drug-likeness (QED) is 0.686. The summed E-state index contributed by atoms with van der Waals surface area (Å²) in [5.74, 6) is 0.240. The van der Waals surface area contributed by atoms with Gasteiger partial charge in [0.2, 0.25) is 0 Å². The van der Waals surface area contributed by atoms with Gasteiger partial charge < -0.3 is 9.30 Å². The van der Waals surface area contributed by atoms with Gasteiger partial charge in [-0.05, 0) is 26.3 Å². The SMILES string of the molecule is CCCCS(=O)(=O)Cc1nc(OCC)nc(-c2cc(C)c(=O)n(C)c2)n1. The third-order valence-corrected chi connectivity index (χ3v) is 5.32. The molecule has 0 saturated heterocycles. The van der Waals surface area contributed by atoms with E-state index in [1.807, 2.05) is 6.92 Å². The zero-order valence-electron chi connectivity index (χ0n) is 15.5. The van der Waals surface area contributed by atoms with Gasteiger partial charge in [0.05, 0.1) is 12.4 Å². The monoisotopic (exact) mass is 380 g/mol. The van der Waals surface area contributed by atoms with E-state index in [-0.39, 0.29) is 34.7 Å². The number of pyridine rings is 1. The molecule has 0 aliphatic carbocycles. The molecule has 0 radical (unpaired) electrons. The Balaban J connectivity index is 2.47. The number of rotatable bonds is 8. The van der Waals surface area contributed by atoms with Crippen LogP contribution in [0.25, 0.3) is 11.4 Å². The van der Waals surface area contributed by atoms with Crippen LogP contribution in [0, 0.1) is 6.92 Å². The topological polar surface area (TPSA) is 104 Å². The Morgan fingerprint density at radius 1 is 1.19 bits per heavy atom. The minimum absolute atomic E-state index is 0.0738. The van der Waals surface area contributed by atoms with Gasteiger partial charge in [0, 0.05) is 24.4 Å². The molecule has 0 amide bonds. The molecule has 26 heavy (non-hydrogen) atoms. The molecule has 0 unspecified atom stereocenters. The highest BCUT2D eigenvalue weighted by Crippen LogP contribution is 2.18. The van der Waals surface area contributed by atoms with E-state index in [1.54, 1.807) is 33.2 Å². The Morgan fingerprint density at radius 2 is 1.92 bits per heavy atom. The van der Waals surface area contributed by atoms with Gasteiger partial charge in [-0.1, -0.05) is 13.3 Å². The second-order valence-corrected chi connectivity index (χ2v) is 8.25. The molecule has 2 aromatic rings. The molecule has 0 fully saturated rings. The van der Waals surface area contributed by atoms with Crippen molar-refractivity contribution in [2.45, 2.75) is 39.4 Å². The number of sulfone groups is 1. The smallest absolute Gasteiger partial charge is 0.320 e. The summed E-state index contributed by atoms with van der Waals surface area (Å²) in [6.07, 6.45) is 3.00. The molecule has 9 heteroatoms. The zero-order valence-corrected chi connectivity index (χ0v) is 16.3. The maximum Gasteiger partial charge on any atom is 0.320 e. The van der Waals surface area contributed by atoms with Crippen molar-refractivity contribution in [1.82, 2.24) is 19.5 Å². The maximum atomic E-state index is 12.2. The molecule has 2 rings (SSSR count). The lowest BCUT2D eigenvalue weighted by Gasteiger charge is -2.09. The summed E-state index contributed by atoms with van der Waals surface area (Å²) in [6, 6.07) is 1.74. The molecular formula is C17H24N4O4S. The van der Waals surface area contributed by atoms with Gasteiger partial charge in [-0.15, -0.1) is 0 Å². The second kappa shape index (κ2) is 8.39. The molecule has 0 aromatic carbocycles. The van der Waals surface area contributed by atoms with Crippen molar-refractivity contribution in [2.75, 3.05) is 12.4 Å². The molecule has 0 spiro atoms. The van der Waals surface area contributed by atoms with Crippen molar-refractivity contribution >= 4 is 9.84 Å². The van der Waals surface area contributed by atoms with Crippen LogP contribution in [0.1, 0.15) is 38.1 Å². The largest absolute Gasteiger partial charge is 0.464 e. The Kier molecular flexibility index (Phi) is 6.47. The molecule has 142 valence electrons. The van der Waals surface area contributed by atoms with E-state index in [0.29, 0.717) is 24.2 Å². The van der Waals surface area contributed by atoms with Crippen molar-refractivity contribution in [2.24, 2.45) is 7.05 Å². The molecular weight excluding hydrogens is 356 g/mol. The molecule has 0 aliphatic heterocycles. The minimum atomic E-state index is -3.31. The summed E-state index contributed by atoms with van der Waals surface area (Å²) in [5.41, 5.74) is 1.02. The number of hydrogen-bond acceptors (Lipinski definition) is 7. The van der Waals surface area contributed by atoms with Crippen molar-refractivity contribution < 1.29 is 13.2 Å². The molecule has 8 nitrogen and oxygen atoms in total. The summed E-state index contributed by atoms with van der Waals surface area (Å²) < 4.78 is 31.3. The average molecular weight is 380 g/mol. The number of unbranched alkanes of at least 4 members (excludes halogenated alkanes) is 1. The van der Waals surface area contributed by atoms with E-state index < -0.39 is 9.84 Å². The third-order valence-electron chi connectivity index (χ3n) is 3.71. The van der Waals surface area contributed by atoms with E-state index in [4.69, 9.17) is 4.74 Å². The van der Waals surface area contributed by atoms with Crippen LogP contribution in [0.4, 0.5) is 0 Å². The van der Waals surface area contributed by atoms with Crippen LogP contribution in [0.2, 0.25) is 0 Å². The van der Waals surface area contributed by atoms with Crippen LogP contribution in [0.15, 0.2) is 17.1 Å². The van der Waals surface area contributed by atoms with Gasteiger partial charge in [0.1, 0.15) is 5.75 Å². The van der Waals surface area contributed by atoms with Gasteiger partial charge in [0.25, 0.3) is 5.56 Å². The van der Waals surface area contributed by atoms with Gasteiger partial charge in [-0.3, -0.25) is 4.79 Å². The Labute approximate surface area is 153 Å². The highest BCUT2D eigenvalue weighted by Gasteiger charge is 2.17. The summed E-state index contributed by atoms with van der Waals surface area (Å²) >= 11 is 0. The fourth-order valence-electron chi connectivity index (χ4n) is 2.42. The molecule has 0 saturated carbocycles. The number of aryl methyl sites for hydroxylation is 2. The first-order valence-electron chi connectivity index (χ1n) is 8.51. The highest BCUT2D eigenvalue weighted by atomic mass is 32.2. The van der Waals surface area contributed by atoms with Crippen LogP contribution in [-0.4, -0.2) is 40.3 Å². The van der Waals surface area contributed by atoms with Crippen LogP contribution < -0.4 is 10.3 Å². The van der Waals surface area contributed by atoms with E-state index in [9.17, 15) is 13.2 Å². The fraction of sp³-hybridized carbons (Fsp3) is 0.529. The fourth-order valence-corrected chi connectivity index (χ4v) is 3.81. The molecule has 0 N–H and O–H groups in total. The summed E-state index contributed by atoms with van der Waals surface area (Å²) in [4.78, 5) is 24.5. The van der Waals surface area contributed by atoms with E-state index in [2.05, 4.69) is 15.0 Å². The minimum Gasteiger partial charge on any atom is -0.464 e. The predicted octanol–water partition coefficient (Wildman–Crippen LogP) is 1.66. The van der Waals surface area contributed by atoms with Crippen molar-refractivity contribution in [3.63, 3.8) is 0 Å². The molecule has 0 aliphatic rings. The van der Waals surface area contributed by atoms with Gasteiger partial charge >= 0.3 is 6.01 Å². The number of hydrogen-bond donors (Lipinski definition) is 0. The maximum absolute atomic E-state index is 12.2. The van der Waals surface area contributed by atoms with Crippen LogP contribution in [0.3, 0.4) is 0 Å². The first-order chi connectivity index (χ1) is 12.3. The highest BCUT2D eigenvalue weighted by molar-refractivity contribution is 7.90. The third kappa shape index (κ3) is 5.10. The second-order valence-electron chi connectivity index (χ2n) is 6.06. The lowest BCUT2D eigenvalue weighted by Crippen LogP contribution is -2.19. The van der Waals surface area contributed by atoms with Crippen LogP contribution in [-0.2, 0) is 22.6 Å². The van der Waals surface area contributed by atoms with Gasteiger partial charge in [0.15, 0.2) is 21.5 Å². The summed E-state index contributed by atoms with van der Waals surface area (Å²) in [7, 11) is -1.68. The molecule has 2 heterocycles. The van der Waals surface area contributed by atoms with E-state index in [1.165, 1.54) is 4.57 Å². The first-order valence-corrected chi connectivity index (χ1v) is 10.3. The lowest BCUT2D eigenvalue weighted by molar-refractivity contribution is 0.310. The van der Waals surface area contributed by atoms with Crippen molar-refractivity contribution in [1.29, 1.82) is 0 Å². The van der Waals surface area contributed by atoms with Gasteiger partial charge in [-0.2, -0.15) is 9.97 Å². The number of ether oxygens (including phenoxy) is 1. The molecule has 2 aromatic heterocycles.